The molecule has 1 aliphatic rings. The number of amides is 1. The molecule has 9 heteroatoms. The molecule has 0 radical (unpaired) electrons. The van der Waals surface area contributed by atoms with Gasteiger partial charge in [-0.05, 0) is 54.7 Å². The van der Waals surface area contributed by atoms with Crippen LogP contribution >= 0.6 is 0 Å². The van der Waals surface area contributed by atoms with Crippen molar-refractivity contribution >= 4 is 15.9 Å². The molecule has 1 unspecified atom stereocenters. The normalized spacial score (nSPS) is 18.2. The van der Waals surface area contributed by atoms with E-state index in [0.29, 0.717) is 18.7 Å². The molecule has 1 fully saturated rings. The van der Waals surface area contributed by atoms with Crippen LogP contribution in [0.1, 0.15) is 41.3 Å². The van der Waals surface area contributed by atoms with Gasteiger partial charge in [0.15, 0.2) is 0 Å². The van der Waals surface area contributed by atoms with E-state index in [9.17, 15) is 26.4 Å². The lowest BCUT2D eigenvalue weighted by Gasteiger charge is -2.30. The Balaban J connectivity index is 1.72. The summed E-state index contributed by atoms with van der Waals surface area (Å²) in [7, 11) is -3.71. The van der Waals surface area contributed by atoms with Crippen LogP contribution in [-0.4, -0.2) is 31.7 Å². The number of piperidine rings is 1. The van der Waals surface area contributed by atoms with Crippen LogP contribution in [-0.2, 0) is 22.7 Å². The van der Waals surface area contributed by atoms with Crippen LogP contribution in [0.4, 0.5) is 13.2 Å². The molecule has 1 saturated heterocycles. The Bertz CT molecular complexity index is 1020. The molecular formula is C21H23F3N2O3S. The minimum Gasteiger partial charge on any atom is -0.348 e. The molecule has 1 aliphatic heterocycles. The molecular weight excluding hydrogens is 417 g/mol. The van der Waals surface area contributed by atoms with Crippen LogP contribution in [0.15, 0.2) is 53.4 Å². The number of rotatable bonds is 5. The second-order valence-corrected chi connectivity index (χ2v) is 9.46. The molecule has 30 heavy (non-hydrogen) atoms. The Kier molecular flexibility index (Phi) is 6.52. The molecule has 3 rings (SSSR count). The zero-order chi connectivity index (χ0) is 21.9. The zero-order valence-electron chi connectivity index (χ0n) is 16.4. The van der Waals surface area contributed by atoms with Gasteiger partial charge in [-0.1, -0.05) is 25.1 Å². The lowest BCUT2D eigenvalue weighted by atomic mass is 10.0. The van der Waals surface area contributed by atoms with Gasteiger partial charge in [0, 0.05) is 25.2 Å². The van der Waals surface area contributed by atoms with Crippen LogP contribution in [0.3, 0.4) is 0 Å². The minimum atomic E-state index is -4.46. The lowest BCUT2D eigenvalue weighted by molar-refractivity contribution is -0.137. The van der Waals surface area contributed by atoms with Crippen molar-refractivity contribution in [1.29, 1.82) is 0 Å². The number of halogens is 3. The summed E-state index contributed by atoms with van der Waals surface area (Å²) in [6, 6.07) is 10.4. The Morgan fingerprint density at radius 1 is 1.17 bits per heavy atom. The monoisotopic (exact) mass is 440 g/mol. The van der Waals surface area contributed by atoms with Crippen molar-refractivity contribution < 1.29 is 26.4 Å². The molecule has 2 aromatic rings. The van der Waals surface area contributed by atoms with E-state index in [4.69, 9.17) is 0 Å². The molecule has 1 N–H and O–H groups in total. The number of sulfonamides is 1. The van der Waals surface area contributed by atoms with Gasteiger partial charge in [-0.3, -0.25) is 4.79 Å². The number of alkyl halides is 3. The van der Waals surface area contributed by atoms with Crippen molar-refractivity contribution in [2.45, 2.75) is 37.4 Å². The van der Waals surface area contributed by atoms with Gasteiger partial charge in [0.25, 0.3) is 5.91 Å². The van der Waals surface area contributed by atoms with E-state index in [1.807, 2.05) is 6.92 Å². The molecule has 0 spiro atoms. The zero-order valence-corrected chi connectivity index (χ0v) is 17.3. The second kappa shape index (κ2) is 8.77. The van der Waals surface area contributed by atoms with Gasteiger partial charge in [-0.25, -0.2) is 8.42 Å². The number of carbonyl (C=O) groups excluding carboxylic acids is 1. The van der Waals surface area contributed by atoms with Gasteiger partial charge in [-0.2, -0.15) is 17.5 Å². The van der Waals surface area contributed by atoms with E-state index < -0.39 is 27.7 Å². The SMILES string of the molecule is CC1CCCN(S(=O)(=O)c2cccc(C(=O)NCc3cccc(C(F)(F)F)c3)c2)C1. The standard InChI is InChI=1S/C21H23F3N2O3S/c1-15-5-4-10-26(14-15)30(28,29)19-9-3-7-17(12-19)20(27)25-13-16-6-2-8-18(11-16)21(22,23)24/h2-3,6-9,11-12,15H,4-5,10,13-14H2,1H3,(H,25,27). The van der Waals surface area contributed by atoms with Gasteiger partial charge in [0.2, 0.25) is 10.0 Å². The number of nitrogens with one attached hydrogen (secondary N) is 1. The Labute approximate surface area is 173 Å². The molecule has 162 valence electrons. The summed E-state index contributed by atoms with van der Waals surface area (Å²) in [5.74, 6) is -0.288. The summed E-state index contributed by atoms with van der Waals surface area (Å²) >= 11 is 0. The van der Waals surface area contributed by atoms with Gasteiger partial charge in [0.1, 0.15) is 0 Å². The summed E-state index contributed by atoms with van der Waals surface area (Å²) in [6.45, 7) is 2.77. The molecule has 1 amide bonds. The fourth-order valence-corrected chi connectivity index (χ4v) is 5.10. The third kappa shape index (κ3) is 5.20. The number of carbonyl (C=O) groups is 1. The van der Waals surface area contributed by atoms with E-state index in [1.54, 1.807) is 0 Å². The average molecular weight is 440 g/mol. The lowest BCUT2D eigenvalue weighted by Crippen LogP contribution is -2.39. The Morgan fingerprint density at radius 2 is 1.90 bits per heavy atom. The fraction of sp³-hybridized carbons (Fsp3) is 0.381. The first-order valence-electron chi connectivity index (χ1n) is 9.62. The maximum atomic E-state index is 12.9. The second-order valence-electron chi connectivity index (χ2n) is 7.52. The third-order valence-electron chi connectivity index (χ3n) is 5.06. The molecule has 0 saturated carbocycles. The van der Waals surface area contributed by atoms with E-state index in [1.165, 1.54) is 40.7 Å². The van der Waals surface area contributed by atoms with E-state index >= 15 is 0 Å². The number of nitrogens with zero attached hydrogens (tertiary/aromatic N) is 1. The predicted octanol–water partition coefficient (Wildman–Crippen LogP) is 4.06. The topological polar surface area (TPSA) is 66.5 Å². The summed E-state index contributed by atoms with van der Waals surface area (Å²) in [4.78, 5) is 12.5. The van der Waals surface area contributed by atoms with Crippen LogP contribution in [0.25, 0.3) is 0 Å². The first-order chi connectivity index (χ1) is 14.1. The number of hydrogen-bond donors (Lipinski definition) is 1. The highest BCUT2D eigenvalue weighted by Gasteiger charge is 2.31. The van der Waals surface area contributed by atoms with Crippen molar-refractivity contribution in [1.82, 2.24) is 9.62 Å². The van der Waals surface area contributed by atoms with Crippen LogP contribution < -0.4 is 5.32 Å². The maximum absolute atomic E-state index is 12.9. The van der Waals surface area contributed by atoms with Gasteiger partial charge in [-0.15, -0.1) is 0 Å². The first kappa shape index (κ1) is 22.3. The predicted molar refractivity (Wildman–Crippen MR) is 106 cm³/mol. The van der Waals surface area contributed by atoms with Crippen LogP contribution in [0.2, 0.25) is 0 Å². The molecule has 1 atom stereocenters. The number of benzene rings is 2. The summed E-state index contributed by atoms with van der Waals surface area (Å²) in [5.41, 5.74) is -0.365. The first-order valence-corrected chi connectivity index (χ1v) is 11.1. The molecule has 2 aromatic carbocycles. The quantitative estimate of drug-likeness (QED) is 0.763. The van der Waals surface area contributed by atoms with E-state index in [2.05, 4.69) is 5.32 Å². The van der Waals surface area contributed by atoms with Crippen molar-refractivity contribution in [3.63, 3.8) is 0 Å². The van der Waals surface area contributed by atoms with Crippen LogP contribution in [0.5, 0.6) is 0 Å². The summed E-state index contributed by atoms with van der Waals surface area (Å²) in [6.07, 6.45) is -2.70. The molecule has 0 bridgehead atoms. The van der Waals surface area contributed by atoms with Gasteiger partial charge in [0.05, 0.1) is 10.5 Å². The van der Waals surface area contributed by atoms with Gasteiger partial charge < -0.3 is 5.32 Å². The molecule has 0 aromatic heterocycles. The smallest absolute Gasteiger partial charge is 0.348 e. The Morgan fingerprint density at radius 3 is 2.60 bits per heavy atom. The largest absolute Gasteiger partial charge is 0.416 e. The van der Waals surface area contributed by atoms with E-state index in [-0.39, 0.29) is 22.9 Å². The van der Waals surface area contributed by atoms with E-state index in [0.717, 1.165) is 25.0 Å². The highest BCUT2D eigenvalue weighted by molar-refractivity contribution is 7.89. The van der Waals surface area contributed by atoms with Gasteiger partial charge >= 0.3 is 6.18 Å². The van der Waals surface area contributed by atoms with Crippen molar-refractivity contribution in [2.24, 2.45) is 5.92 Å². The summed E-state index contributed by atoms with van der Waals surface area (Å²) in [5, 5.41) is 2.54. The van der Waals surface area contributed by atoms with Crippen molar-refractivity contribution in [3.05, 3.63) is 65.2 Å². The average Bonchev–Trinajstić information content (AvgIpc) is 2.71. The maximum Gasteiger partial charge on any atom is 0.416 e. The third-order valence-corrected chi connectivity index (χ3v) is 6.92. The highest BCUT2D eigenvalue weighted by Crippen LogP contribution is 2.29. The molecule has 1 heterocycles. The fourth-order valence-electron chi connectivity index (χ4n) is 3.45. The minimum absolute atomic E-state index is 0.0309. The molecule has 0 aliphatic carbocycles. The molecule has 5 nitrogen and oxygen atoms in total. The Hall–Kier alpha value is -2.39. The summed E-state index contributed by atoms with van der Waals surface area (Å²) < 4.78 is 65.7. The number of hydrogen-bond acceptors (Lipinski definition) is 3. The highest BCUT2D eigenvalue weighted by atomic mass is 32.2. The van der Waals surface area contributed by atoms with Crippen molar-refractivity contribution in [2.75, 3.05) is 13.1 Å². The van der Waals surface area contributed by atoms with Crippen molar-refractivity contribution in [3.8, 4) is 0 Å². The van der Waals surface area contributed by atoms with Crippen LogP contribution in [0, 0.1) is 5.92 Å².